The van der Waals surface area contributed by atoms with Gasteiger partial charge in [0, 0.05) is 36.3 Å². The van der Waals surface area contributed by atoms with Crippen molar-refractivity contribution in [2.75, 3.05) is 20.2 Å². The quantitative estimate of drug-likeness (QED) is 0.815. The lowest BCUT2D eigenvalue weighted by Gasteiger charge is -2.36. The minimum atomic E-state index is 0.431. The van der Waals surface area contributed by atoms with E-state index in [0.29, 0.717) is 12.1 Å². The molecule has 0 spiro atoms. The van der Waals surface area contributed by atoms with Crippen LogP contribution in [0.5, 0.6) is 0 Å². The van der Waals surface area contributed by atoms with E-state index in [1.807, 2.05) is 13.2 Å². The number of nitrogens with zero attached hydrogens (tertiary/aromatic N) is 1. The summed E-state index contributed by atoms with van der Waals surface area (Å²) in [6.45, 7) is 2.21. The first-order valence-electron chi connectivity index (χ1n) is 6.93. The Morgan fingerprint density at radius 1 is 1.16 bits per heavy atom. The van der Waals surface area contributed by atoms with Crippen molar-refractivity contribution in [1.29, 1.82) is 0 Å². The van der Waals surface area contributed by atoms with Crippen molar-refractivity contribution in [2.24, 2.45) is 0 Å². The fourth-order valence-electron chi connectivity index (χ4n) is 3.42. The predicted molar refractivity (Wildman–Crippen MR) is 79.1 cm³/mol. The Morgan fingerprint density at radius 3 is 2.58 bits per heavy atom. The predicted octanol–water partition coefficient (Wildman–Crippen LogP) is 4.09. The second kappa shape index (κ2) is 5.61. The van der Waals surface area contributed by atoms with Gasteiger partial charge in [0.1, 0.15) is 0 Å². The van der Waals surface area contributed by atoms with E-state index in [9.17, 15) is 0 Å². The molecule has 1 saturated heterocycles. The number of methoxy groups -OCH3 is 1. The first kappa shape index (κ1) is 13.7. The Kier molecular flexibility index (Phi) is 4.04. The van der Waals surface area contributed by atoms with Gasteiger partial charge in [-0.2, -0.15) is 0 Å². The van der Waals surface area contributed by atoms with Gasteiger partial charge in [0.25, 0.3) is 0 Å². The Labute approximate surface area is 124 Å². The first-order chi connectivity index (χ1) is 9.19. The molecule has 1 aliphatic carbocycles. The number of hydrogen-bond donors (Lipinski definition) is 0. The summed E-state index contributed by atoms with van der Waals surface area (Å²) in [7, 11) is 1.81. The molecule has 1 aromatic carbocycles. The van der Waals surface area contributed by atoms with Crippen LogP contribution in [0.1, 0.15) is 36.4 Å². The first-order valence-corrected chi connectivity index (χ1v) is 7.69. The number of likely N-dealkylation sites (tertiary alicyclic amines) is 1. The van der Waals surface area contributed by atoms with Gasteiger partial charge >= 0.3 is 0 Å². The molecule has 0 unspecified atom stereocenters. The Morgan fingerprint density at radius 2 is 1.89 bits per heavy atom. The van der Waals surface area contributed by atoms with Crippen LogP contribution in [0.4, 0.5) is 0 Å². The number of halogens is 2. The summed E-state index contributed by atoms with van der Waals surface area (Å²) in [5, 5.41) is 1.58. The number of fused-ring (bicyclic) bond motifs is 1. The molecule has 1 heterocycles. The minimum Gasteiger partial charge on any atom is -0.381 e. The molecule has 0 N–H and O–H groups in total. The normalized spacial score (nSPS) is 24.7. The summed E-state index contributed by atoms with van der Waals surface area (Å²) < 4.78 is 5.44. The fourth-order valence-corrected chi connectivity index (χ4v) is 4.03. The highest BCUT2D eigenvalue weighted by Crippen LogP contribution is 2.41. The molecule has 1 atom stereocenters. The SMILES string of the molecule is COC1CCN([C@H]2CCc3c(Cl)cc(Cl)cc32)CC1. The van der Waals surface area contributed by atoms with E-state index < -0.39 is 0 Å². The molecule has 0 radical (unpaired) electrons. The van der Waals surface area contributed by atoms with E-state index in [2.05, 4.69) is 11.0 Å². The van der Waals surface area contributed by atoms with Crippen LogP contribution in [-0.4, -0.2) is 31.2 Å². The third kappa shape index (κ3) is 2.64. The fraction of sp³-hybridized carbons (Fsp3) is 0.600. The average molecular weight is 300 g/mol. The molecule has 2 aliphatic rings. The maximum absolute atomic E-state index is 6.30. The molecule has 2 nitrogen and oxygen atoms in total. The zero-order valence-corrected chi connectivity index (χ0v) is 12.7. The summed E-state index contributed by atoms with van der Waals surface area (Å²) in [6, 6.07) is 4.45. The lowest BCUT2D eigenvalue weighted by molar-refractivity contribution is 0.0270. The van der Waals surface area contributed by atoms with Gasteiger partial charge in [0.05, 0.1) is 6.10 Å². The maximum atomic E-state index is 6.30. The van der Waals surface area contributed by atoms with Crippen LogP contribution in [0, 0.1) is 0 Å². The molecular weight excluding hydrogens is 281 g/mol. The number of ether oxygens (including phenoxy) is 1. The summed E-state index contributed by atoms with van der Waals surface area (Å²) in [5.41, 5.74) is 2.64. The third-order valence-corrected chi connectivity index (χ3v) is 5.03. The summed E-state index contributed by atoms with van der Waals surface area (Å²) in [6.07, 6.45) is 4.90. The third-order valence-electron chi connectivity index (χ3n) is 4.47. The second-order valence-corrected chi connectivity index (χ2v) is 6.32. The molecule has 0 saturated carbocycles. The Balaban J connectivity index is 1.79. The smallest absolute Gasteiger partial charge is 0.0595 e. The van der Waals surface area contributed by atoms with Gasteiger partial charge in [-0.15, -0.1) is 0 Å². The molecule has 104 valence electrons. The molecule has 1 aromatic rings. The molecule has 3 rings (SSSR count). The van der Waals surface area contributed by atoms with E-state index in [4.69, 9.17) is 27.9 Å². The van der Waals surface area contributed by atoms with Gasteiger partial charge in [0.15, 0.2) is 0 Å². The van der Waals surface area contributed by atoms with Crippen LogP contribution < -0.4 is 0 Å². The lowest BCUT2D eigenvalue weighted by atomic mass is 10.0. The lowest BCUT2D eigenvalue weighted by Crippen LogP contribution is -2.38. The molecule has 4 heteroatoms. The Bertz CT molecular complexity index is 469. The highest BCUT2D eigenvalue weighted by Gasteiger charge is 2.32. The van der Waals surface area contributed by atoms with Gasteiger partial charge in [-0.1, -0.05) is 23.2 Å². The van der Waals surface area contributed by atoms with Crippen molar-refractivity contribution < 1.29 is 4.74 Å². The van der Waals surface area contributed by atoms with Gasteiger partial charge < -0.3 is 4.74 Å². The zero-order chi connectivity index (χ0) is 13.4. The van der Waals surface area contributed by atoms with E-state index >= 15 is 0 Å². The van der Waals surface area contributed by atoms with Crippen molar-refractivity contribution in [3.8, 4) is 0 Å². The number of piperidine rings is 1. The van der Waals surface area contributed by atoms with Crippen LogP contribution in [0.25, 0.3) is 0 Å². The highest BCUT2D eigenvalue weighted by molar-refractivity contribution is 6.35. The number of benzene rings is 1. The van der Waals surface area contributed by atoms with Crippen LogP contribution in [0.15, 0.2) is 12.1 Å². The molecule has 19 heavy (non-hydrogen) atoms. The number of hydrogen-bond acceptors (Lipinski definition) is 2. The van der Waals surface area contributed by atoms with Gasteiger partial charge in [0.2, 0.25) is 0 Å². The van der Waals surface area contributed by atoms with Gasteiger partial charge in [-0.25, -0.2) is 0 Å². The van der Waals surface area contributed by atoms with Crippen molar-refractivity contribution >= 4 is 23.2 Å². The number of rotatable bonds is 2. The van der Waals surface area contributed by atoms with Gasteiger partial charge in [-0.3, -0.25) is 4.90 Å². The Hall–Kier alpha value is -0.280. The van der Waals surface area contributed by atoms with Gasteiger partial charge in [-0.05, 0) is 48.9 Å². The standard InChI is InChI=1S/C15H19Cl2NO/c1-19-11-4-6-18(7-5-11)15-3-2-12-13(15)8-10(16)9-14(12)17/h8-9,11,15H,2-7H2,1H3/t15-/m0/s1. The van der Waals surface area contributed by atoms with Crippen LogP contribution >= 0.6 is 23.2 Å². The van der Waals surface area contributed by atoms with Crippen molar-refractivity contribution in [3.63, 3.8) is 0 Å². The molecule has 0 amide bonds. The minimum absolute atomic E-state index is 0.431. The second-order valence-electron chi connectivity index (χ2n) is 5.48. The van der Waals surface area contributed by atoms with Crippen molar-refractivity contribution in [2.45, 2.75) is 37.8 Å². The molecule has 1 fully saturated rings. The maximum Gasteiger partial charge on any atom is 0.0595 e. The topological polar surface area (TPSA) is 12.5 Å². The summed E-state index contributed by atoms with van der Waals surface area (Å²) in [5.74, 6) is 0. The largest absolute Gasteiger partial charge is 0.381 e. The zero-order valence-electron chi connectivity index (χ0n) is 11.2. The van der Waals surface area contributed by atoms with Crippen LogP contribution in [0.3, 0.4) is 0 Å². The summed E-state index contributed by atoms with van der Waals surface area (Å²) >= 11 is 12.5. The monoisotopic (exact) mass is 299 g/mol. The highest BCUT2D eigenvalue weighted by atomic mass is 35.5. The van der Waals surface area contributed by atoms with E-state index in [1.54, 1.807) is 0 Å². The summed E-state index contributed by atoms with van der Waals surface area (Å²) in [4.78, 5) is 2.56. The molecule has 1 aliphatic heterocycles. The van der Waals surface area contributed by atoms with E-state index in [1.165, 1.54) is 11.1 Å². The molecular formula is C15H19Cl2NO. The molecule has 0 aromatic heterocycles. The average Bonchev–Trinajstić information content (AvgIpc) is 2.83. The van der Waals surface area contributed by atoms with Crippen LogP contribution in [0.2, 0.25) is 10.0 Å². The van der Waals surface area contributed by atoms with E-state index in [-0.39, 0.29) is 0 Å². The van der Waals surface area contributed by atoms with Crippen LogP contribution in [-0.2, 0) is 11.2 Å². The van der Waals surface area contributed by atoms with Crippen molar-refractivity contribution in [1.82, 2.24) is 4.90 Å². The van der Waals surface area contributed by atoms with Crippen molar-refractivity contribution in [3.05, 3.63) is 33.3 Å². The van der Waals surface area contributed by atoms with E-state index in [0.717, 1.165) is 48.8 Å². The molecule has 0 bridgehead atoms.